The van der Waals surface area contributed by atoms with Gasteiger partial charge in [0.2, 0.25) is 10.0 Å². The first-order valence-electron chi connectivity index (χ1n) is 6.94. The van der Waals surface area contributed by atoms with Crippen molar-refractivity contribution >= 4 is 15.7 Å². The van der Waals surface area contributed by atoms with Crippen LogP contribution >= 0.6 is 0 Å². The Kier molecular flexibility index (Phi) is 5.59. The average Bonchev–Trinajstić information content (AvgIpc) is 2.33. The van der Waals surface area contributed by atoms with E-state index in [1.807, 2.05) is 45.9 Å². The van der Waals surface area contributed by atoms with Gasteiger partial charge >= 0.3 is 0 Å². The molecule has 0 radical (unpaired) electrons. The van der Waals surface area contributed by atoms with Gasteiger partial charge in [0.25, 0.3) is 0 Å². The molecule has 0 aliphatic rings. The summed E-state index contributed by atoms with van der Waals surface area (Å²) in [4.78, 5) is 0. The molecule has 0 heterocycles. The number of hydrogen-bond donors (Lipinski definition) is 1. The summed E-state index contributed by atoms with van der Waals surface area (Å²) in [6.07, 6.45) is 0. The van der Waals surface area contributed by atoms with Crippen LogP contribution in [0, 0.1) is 13.8 Å². The molecule has 1 atom stereocenters. The predicted octanol–water partition coefficient (Wildman–Crippen LogP) is 2.46. The Balaban J connectivity index is 2.96. The number of rotatable bonds is 6. The van der Waals surface area contributed by atoms with Gasteiger partial charge in [0.05, 0.1) is 10.9 Å². The summed E-state index contributed by atoms with van der Waals surface area (Å²) in [6, 6.07) is 6.10. The molecular weight excluding hydrogens is 272 g/mol. The van der Waals surface area contributed by atoms with Crippen LogP contribution in [0.1, 0.15) is 31.9 Å². The molecular formula is C15H26N2O2S. The van der Waals surface area contributed by atoms with Crippen LogP contribution in [0.4, 0.5) is 5.69 Å². The first-order valence-corrected chi connectivity index (χ1v) is 8.44. The van der Waals surface area contributed by atoms with Gasteiger partial charge < -0.3 is 5.32 Å². The predicted molar refractivity (Wildman–Crippen MR) is 85.8 cm³/mol. The number of nitrogens with one attached hydrogen (secondary N) is 1. The lowest BCUT2D eigenvalue weighted by atomic mass is 10.1. The highest BCUT2D eigenvalue weighted by atomic mass is 32.2. The molecule has 0 saturated carbocycles. The van der Waals surface area contributed by atoms with Crippen LogP contribution < -0.4 is 9.62 Å². The smallest absolute Gasteiger partial charge is 0.238 e. The molecule has 0 aliphatic heterocycles. The molecule has 4 nitrogen and oxygen atoms in total. The Morgan fingerprint density at radius 1 is 1.10 bits per heavy atom. The Morgan fingerprint density at radius 3 is 2.05 bits per heavy atom. The molecule has 0 bridgehead atoms. The highest BCUT2D eigenvalue weighted by Crippen LogP contribution is 2.22. The van der Waals surface area contributed by atoms with E-state index in [0.29, 0.717) is 6.54 Å². The second-order valence-corrected chi connectivity index (χ2v) is 8.11. The molecule has 0 amide bonds. The van der Waals surface area contributed by atoms with Crippen LogP contribution in [0.2, 0.25) is 0 Å². The third kappa shape index (κ3) is 4.21. The number of nitrogens with zero attached hydrogens (tertiary/aromatic N) is 1. The van der Waals surface area contributed by atoms with Crippen LogP contribution in [0.3, 0.4) is 0 Å². The monoisotopic (exact) mass is 298 g/mol. The molecule has 1 rings (SSSR count). The van der Waals surface area contributed by atoms with Crippen molar-refractivity contribution in [3.63, 3.8) is 0 Å². The van der Waals surface area contributed by atoms with E-state index in [1.54, 1.807) is 14.0 Å². The number of aryl methyl sites for hydroxylation is 2. The van der Waals surface area contributed by atoms with Crippen LogP contribution in [0.25, 0.3) is 0 Å². The van der Waals surface area contributed by atoms with Gasteiger partial charge in [-0.25, -0.2) is 8.42 Å². The summed E-state index contributed by atoms with van der Waals surface area (Å²) < 4.78 is 26.5. The summed E-state index contributed by atoms with van der Waals surface area (Å²) in [7, 11) is -1.73. The van der Waals surface area contributed by atoms with Gasteiger partial charge in [0, 0.05) is 19.6 Å². The fourth-order valence-corrected chi connectivity index (χ4v) is 3.30. The molecule has 1 unspecified atom stereocenters. The summed E-state index contributed by atoms with van der Waals surface area (Å²) in [5, 5.41) is 2.71. The molecule has 114 valence electrons. The first kappa shape index (κ1) is 17.0. The lowest BCUT2D eigenvalue weighted by Crippen LogP contribution is -2.41. The molecule has 1 N–H and O–H groups in total. The van der Waals surface area contributed by atoms with E-state index < -0.39 is 15.3 Å². The zero-order valence-electron chi connectivity index (χ0n) is 13.3. The van der Waals surface area contributed by atoms with Gasteiger partial charge in [-0.3, -0.25) is 4.31 Å². The van der Waals surface area contributed by atoms with Crippen molar-refractivity contribution in [2.24, 2.45) is 0 Å². The number of sulfonamides is 1. The second kappa shape index (κ2) is 6.59. The molecule has 1 aromatic carbocycles. The third-order valence-corrected chi connectivity index (χ3v) is 5.43. The third-order valence-electron chi connectivity index (χ3n) is 3.27. The maximum Gasteiger partial charge on any atom is 0.238 e. The minimum Gasteiger partial charge on any atom is -0.313 e. The summed E-state index contributed by atoms with van der Waals surface area (Å²) >= 11 is 0. The van der Waals surface area contributed by atoms with Gasteiger partial charge in [-0.2, -0.15) is 0 Å². The molecule has 0 saturated heterocycles. The maximum atomic E-state index is 12.6. The standard InChI is InChI=1S/C15H26N2O2S/c1-11(2)16-10-14(5)20(18,19)17(6)15-8-12(3)7-13(4)9-15/h7-9,11,14,16H,10H2,1-6H3. The van der Waals surface area contributed by atoms with Crippen LogP contribution in [-0.2, 0) is 10.0 Å². The summed E-state index contributed by atoms with van der Waals surface area (Å²) in [5.74, 6) is 0. The Labute approximate surface area is 123 Å². The van der Waals surface area contributed by atoms with Crippen molar-refractivity contribution in [3.05, 3.63) is 29.3 Å². The van der Waals surface area contributed by atoms with E-state index in [9.17, 15) is 8.42 Å². The fourth-order valence-electron chi connectivity index (χ4n) is 2.06. The number of hydrogen-bond acceptors (Lipinski definition) is 3. The highest BCUT2D eigenvalue weighted by molar-refractivity contribution is 7.93. The van der Waals surface area contributed by atoms with E-state index >= 15 is 0 Å². The van der Waals surface area contributed by atoms with E-state index in [-0.39, 0.29) is 6.04 Å². The normalized spacial score (nSPS) is 13.6. The van der Waals surface area contributed by atoms with E-state index in [0.717, 1.165) is 16.8 Å². The first-order chi connectivity index (χ1) is 9.14. The van der Waals surface area contributed by atoms with Crippen molar-refractivity contribution in [2.45, 2.75) is 45.9 Å². The van der Waals surface area contributed by atoms with Gasteiger partial charge in [0.15, 0.2) is 0 Å². The largest absolute Gasteiger partial charge is 0.313 e. The SMILES string of the molecule is Cc1cc(C)cc(N(C)S(=O)(=O)C(C)CNC(C)C)c1. The lowest BCUT2D eigenvalue weighted by Gasteiger charge is -2.25. The van der Waals surface area contributed by atoms with E-state index in [1.165, 1.54) is 4.31 Å². The van der Waals surface area contributed by atoms with Crippen molar-refractivity contribution in [3.8, 4) is 0 Å². The molecule has 0 spiro atoms. The van der Waals surface area contributed by atoms with Crippen molar-refractivity contribution < 1.29 is 8.42 Å². The lowest BCUT2D eigenvalue weighted by molar-refractivity contribution is 0.549. The summed E-state index contributed by atoms with van der Waals surface area (Å²) in [5.41, 5.74) is 2.85. The van der Waals surface area contributed by atoms with Gasteiger partial charge in [-0.15, -0.1) is 0 Å². The van der Waals surface area contributed by atoms with Crippen molar-refractivity contribution in [1.82, 2.24) is 5.32 Å². The Bertz CT molecular complexity index is 533. The van der Waals surface area contributed by atoms with Crippen molar-refractivity contribution in [1.29, 1.82) is 0 Å². The highest BCUT2D eigenvalue weighted by Gasteiger charge is 2.26. The van der Waals surface area contributed by atoms with E-state index in [2.05, 4.69) is 5.32 Å². The number of benzene rings is 1. The topological polar surface area (TPSA) is 49.4 Å². The molecule has 1 aromatic rings. The molecule has 5 heteroatoms. The molecule has 0 fully saturated rings. The number of anilines is 1. The average molecular weight is 298 g/mol. The van der Waals surface area contributed by atoms with Gasteiger partial charge in [-0.1, -0.05) is 19.9 Å². The van der Waals surface area contributed by atoms with Crippen LogP contribution in [-0.4, -0.2) is 33.3 Å². The molecule has 0 aromatic heterocycles. The molecule has 20 heavy (non-hydrogen) atoms. The minimum absolute atomic E-state index is 0.277. The fraction of sp³-hybridized carbons (Fsp3) is 0.600. The zero-order valence-corrected chi connectivity index (χ0v) is 14.1. The van der Waals surface area contributed by atoms with Gasteiger partial charge in [-0.05, 0) is 44.0 Å². The maximum absolute atomic E-state index is 12.6. The second-order valence-electron chi connectivity index (χ2n) is 5.73. The Morgan fingerprint density at radius 2 is 1.60 bits per heavy atom. The Hall–Kier alpha value is -1.07. The zero-order chi connectivity index (χ0) is 15.5. The van der Waals surface area contributed by atoms with Gasteiger partial charge in [0.1, 0.15) is 0 Å². The van der Waals surface area contributed by atoms with E-state index in [4.69, 9.17) is 0 Å². The van der Waals surface area contributed by atoms with Crippen LogP contribution in [0.15, 0.2) is 18.2 Å². The van der Waals surface area contributed by atoms with Crippen molar-refractivity contribution in [2.75, 3.05) is 17.9 Å². The quantitative estimate of drug-likeness (QED) is 0.877. The molecule has 0 aliphatic carbocycles. The van der Waals surface area contributed by atoms with Crippen LogP contribution in [0.5, 0.6) is 0 Å². The minimum atomic E-state index is -3.35. The summed E-state index contributed by atoms with van der Waals surface area (Å²) in [6.45, 7) is 10.2.